The number of amides is 2. The minimum absolute atomic E-state index is 0.0578. The van der Waals surface area contributed by atoms with Crippen LogP contribution in [0.25, 0.3) is 0 Å². The molecule has 1 aromatic heterocycles. The summed E-state index contributed by atoms with van der Waals surface area (Å²) in [5.41, 5.74) is 1.74. The van der Waals surface area contributed by atoms with Crippen LogP contribution in [0.1, 0.15) is 24.1 Å². The van der Waals surface area contributed by atoms with Gasteiger partial charge in [0.2, 0.25) is 11.8 Å². The third-order valence-corrected chi connectivity index (χ3v) is 5.40. The van der Waals surface area contributed by atoms with Crippen molar-refractivity contribution in [2.75, 3.05) is 32.8 Å². The summed E-state index contributed by atoms with van der Waals surface area (Å²) in [7, 11) is 0. The molecule has 0 spiro atoms. The van der Waals surface area contributed by atoms with Crippen LogP contribution < -0.4 is 4.74 Å². The Kier molecular flexibility index (Phi) is 7.47. The van der Waals surface area contributed by atoms with Crippen molar-refractivity contribution in [1.29, 1.82) is 0 Å². The predicted octanol–water partition coefficient (Wildman–Crippen LogP) is 3.12. The molecule has 0 bridgehead atoms. The van der Waals surface area contributed by atoms with Crippen LogP contribution in [0.5, 0.6) is 5.75 Å². The molecule has 0 radical (unpaired) electrons. The number of rotatable bonds is 7. The Morgan fingerprint density at radius 2 is 1.79 bits per heavy atom. The van der Waals surface area contributed by atoms with Crippen molar-refractivity contribution >= 4 is 23.4 Å². The Labute approximate surface area is 176 Å². The van der Waals surface area contributed by atoms with E-state index in [0.717, 1.165) is 17.0 Å². The van der Waals surface area contributed by atoms with Gasteiger partial charge in [0.05, 0.1) is 13.0 Å². The lowest BCUT2D eigenvalue weighted by molar-refractivity contribution is -0.139. The number of hydrogen-bond donors (Lipinski definition) is 0. The van der Waals surface area contributed by atoms with Crippen molar-refractivity contribution < 1.29 is 14.3 Å². The standard InChI is InChI=1S/C22H26ClN3O3/c1-17-15-19(7-8-20(17)23)29-14-4-6-21(27)25-10-12-26(13-11-25)22(28)16-18-5-2-3-9-24-18/h2-3,5,7-9,15H,4,6,10-14,16H2,1H3. The Morgan fingerprint density at radius 3 is 2.45 bits per heavy atom. The summed E-state index contributed by atoms with van der Waals surface area (Å²) < 4.78 is 5.70. The largest absolute Gasteiger partial charge is 0.494 e. The van der Waals surface area contributed by atoms with Gasteiger partial charge in [0.1, 0.15) is 5.75 Å². The van der Waals surface area contributed by atoms with Crippen LogP contribution in [0.2, 0.25) is 5.02 Å². The van der Waals surface area contributed by atoms with E-state index in [-0.39, 0.29) is 11.8 Å². The van der Waals surface area contributed by atoms with E-state index in [1.807, 2.05) is 53.1 Å². The van der Waals surface area contributed by atoms with Gasteiger partial charge in [-0.3, -0.25) is 14.6 Å². The number of ether oxygens (including phenoxy) is 1. The summed E-state index contributed by atoms with van der Waals surface area (Å²) in [6.07, 6.45) is 3.08. The highest BCUT2D eigenvalue weighted by molar-refractivity contribution is 6.31. The third kappa shape index (κ3) is 6.19. The van der Waals surface area contributed by atoms with Gasteiger partial charge in [0, 0.05) is 49.5 Å². The molecule has 3 rings (SSSR count). The molecule has 154 valence electrons. The molecular weight excluding hydrogens is 390 g/mol. The lowest BCUT2D eigenvalue weighted by Crippen LogP contribution is -2.51. The van der Waals surface area contributed by atoms with Crippen LogP contribution in [0.3, 0.4) is 0 Å². The summed E-state index contributed by atoms with van der Waals surface area (Å²) >= 11 is 6.01. The number of aryl methyl sites for hydroxylation is 1. The van der Waals surface area contributed by atoms with Crippen LogP contribution in [0, 0.1) is 6.92 Å². The molecule has 2 heterocycles. The maximum absolute atomic E-state index is 12.4. The van der Waals surface area contributed by atoms with Crippen LogP contribution in [0.15, 0.2) is 42.6 Å². The minimum atomic E-state index is 0.0578. The van der Waals surface area contributed by atoms with Crippen LogP contribution in [-0.4, -0.2) is 59.4 Å². The molecule has 1 aliphatic heterocycles. The summed E-state index contributed by atoms with van der Waals surface area (Å²) in [6.45, 7) is 4.69. The zero-order valence-electron chi connectivity index (χ0n) is 16.6. The molecule has 1 saturated heterocycles. The monoisotopic (exact) mass is 415 g/mol. The molecule has 0 aliphatic carbocycles. The maximum Gasteiger partial charge on any atom is 0.228 e. The van der Waals surface area contributed by atoms with Crippen molar-refractivity contribution in [1.82, 2.24) is 14.8 Å². The van der Waals surface area contributed by atoms with E-state index in [2.05, 4.69) is 4.98 Å². The van der Waals surface area contributed by atoms with Gasteiger partial charge in [0.15, 0.2) is 0 Å². The SMILES string of the molecule is Cc1cc(OCCCC(=O)N2CCN(C(=O)Cc3ccccn3)CC2)ccc1Cl. The van der Waals surface area contributed by atoms with Gasteiger partial charge in [-0.25, -0.2) is 0 Å². The molecule has 2 amide bonds. The van der Waals surface area contributed by atoms with E-state index in [9.17, 15) is 9.59 Å². The fraction of sp³-hybridized carbons (Fsp3) is 0.409. The topological polar surface area (TPSA) is 62.7 Å². The molecule has 1 aliphatic rings. The fourth-order valence-corrected chi connectivity index (χ4v) is 3.37. The van der Waals surface area contributed by atoms with E-state index in [4.69, 9.17) is 16.3 Å². The maximum atomic E-state index is 12.4. The average Bonchev–Trinajstić information content (AvgIpc) is 2.74. The Morgan fingerprint density at radius 1 is 1.07 bits per heavy atom. The molecule has 7 heteroatoms. The van der Waals surface area contributed by atoms with Gasteiger partial charge in [-0.1, -0.05) is 17.7 Å². The second-order valence-electron chi connectivity index (χ2n) is 7.12. The van der Waals surface area contributed by atoms with E-state index in [1.54, 1.807) is 6.20 Å². The van der Waals surface area contributed by atoms with Crippen molar-refractivity contribution in [3.05, 3.63) is 58.9 Å². The van der Waals surface area contributed by atoms with Crippen LogP contribution in [-0.2, 0) is 16.0 Å². The average molecular weight is 416 g/mol. The molecule has 0 atom stereocenters. The highest BCUT2D eigenvalue weighted by Gasteiger charge is 2.24. The number of aromatic nitrogens is 1. The van der Waals surface area contributed by atoms with Gasteiger partial charge < -0.3 is 14.5 Å². The fourth-order valence-electron chi connectivity index (χ4n) is 3.25. The number of nitrogens with zero attached hydrogens (tertiary/aromatic N) is 3. The van der Waals surface area contributed by atoms with Crippen molar-refractivity contribution in [2.24, 2.45) is 0 Å². The first-order chi connectivity index (χ1) is 14.0. The molecule has 29 heavy (non-hydrogen) atoms. The van der Waals surface area contributed by atoms with Gasteiger partial charge in [-0.2, -0.15) is 0 Å². The summed E-state index contributed by atoms with van der Waals surface area (Å²) in [4.78, 5) is 32.6. The molecule has 6 nitrogen and oxygen atoms in total. The number of carbonyl (C=O) groups excluding carboxylic acids is 2. The lowest BCUT2D eigenvalue weighted by atomic mass is 10.2. The van der Waals surface area contributed by atoms with Gasteiger partial charge >= 0.3 is 0 Å². The number of hydrogen-bond acceptors (Lipinski definition) is 4. The Bertz CT molecular complexity index is 836. The number of pyridine rings is 1. The second kappa shape index (κ2) is 10.3. The zero-order valence-corrected chi connectivity index (χ0v) is 17.4. The van der Waals surface area contributed by atoms with E-state index < -0.39 is 0 Å². The first-order valence-electron chi connectivity index (χ1n) is 9.87. The quantitative estimate of drug-likeness (QED) is 0.652. The molecular formula is C22H26ClN3O3. The van der Waals surface area contributed by atoms with E-state index >= 15 is 0 Å². The number of halogens is 1. The zero-order chi connectivity index (χ0) is 20.6. The molecule has 0 saturated carbocycles. The molecule has 1 aromatic carbocycles. The van der Waals surface area contributed by atoms with Crippen molar-refractivity contribution in [3.8, 4) is 5.75 Å². The normalized spacial score (nSPS) is 14.0. The molecule has 1 fully saturated rings. The first-order valence-corrected chi connectivity index (χ1v) is 10.2. The summed E-state index contributed by atoms with van der Waals surface area (Å²) in [5, 5.41) is 0.713. The van der Waals surface area contributed by atoms with E-state index in [0.29, 0.717) is 57.1 Å². The molecule has 0 N–H and O–H groups in total. The minimum Gasteiger partial charge on any atom is -0.494 e. The van der Waals surface area contributed by atoms with Gasteiger partial charge in [-0.15, -0.1) is 0 Å². The van der Waals surface area contributed by atoms with Crippen molar-refractivity contribution in [3.63, 3.8) is 0 Å². The van der Waals surface area contributed by atoms with Crippen LogP contribution >= 0.6 is 11.6 Å². The smallest absolute Gasteiger partial charge is 0.228 e. The number of benzene rings is 1. The third-order valence-electron chi connectivity index (χ3n) is 4.98. The Hall–Kier alpha value is -2.60. The second-order valence-corrected chi connectivity index (χ2v) is 7.53. The Balaban J connectivity index is 1.35. The lowest BCUT2D eigenvalue weighted by Gasteiger charge is -2.35. The van der Waals surface area contributed by atoms with Gasteiger partial charge in [-0.05, 0) is 49.2 Å². The summed E-state index contributed by atoms with van der Waals surface area (Å²) in [5.74, 6) is 0.930. The highest BCUT2D eigenvalue weighted by atomic mass is 35.5. The van der Waals surface area contributed by atoms with E-state index in [1.165, 1.54) is 0 Å². The summed E-state index contributed by atoms with van der Waals surface area (Å²) in [6, 6.07) is 11.1. The highest BCUT2D eigenvalue weighted by Crippen LogP contribution is 2.21. The predicted molar refractivity (Wildman–Crippen MR) is 112 cm³/mol. The van der Waals surface area contributed by atoms with Gasteiger partial charge in [0.25, 0.3) is 0 Å². The number of piperazine rings is 1. The molecule has 2 aromatic rings. The first kappa shape index (κ1) is 21.1. The molecule has 0 unspecified atom stereocenters. The number of carbonyl (C=O) groups is 2. The van der Waals surface area contributed by atoms with Crippen LogP contribution in [0.4, 0.5) is 0 Å². The van der Waals surface area contributed by atoms with Crippen molar-refractivity contribution in [2.45, 2.75) is 26.2 Å².